The standard InChI is InChI=1S/C18H21N3.ClH/c19-18(17-9-5-2-6-10-17)21-13-11-20(12-14-21)15-16-7-3-1-4-8-16;/h1-10,19H,11-15H2;1H. The van der Waals surface area contributed by atoms with Crippen LogP contribution in [0.1, 0.15) is 11.1 Å². The Bertz CT molecular complexity index is 578. The van der Waals surface area contributed by atoms with E-state index in [4.69, 9.17) is 5.41 Å². The third-order valence-corrected chi connectivity index (χ3v) is 3.98. The summed E-state index contributed by atoms with van der Waals surface area (Å²) < 4.78 is 0. The van der Waals surface area contributed by atoms with Gasteiger partial charge in [0, 0.05) is 38.3 Å². The van der Waals surface area contributed by atoms with Gasteiger partial charge in [-0.2, -0.15) is 0 Å². The predicted octanol–water partition coefficient (Wildman–Crippen LogP) is 3.25. The van der Waals surface area contributed by atoms with Gasteiger partial charge in [0.05, 0.1) is 0 Å². The summed E-state index contributed by atoms with van der Waals surface area (Å²) in [6, 6.07) is 20.6. The van der Waals surface area contributed by atoms with Gasteiger partial charge in [-0.05, 0) is 5.56 Å². The molecule has 0 bridgehead atoms. The molecule has 1 heterocycles. The topological polar surface area (TPSA) is 30.3 Å². The van der Waals surface area contributed by atoms with Gasteiger partial charge in [0.1, 0.15) is 5.84 Å². The molecule has 4 heteroatoms. The van der Waals surface area contributed by atoms with Crippen molar-refractivity contribution in [1.29, 1.82) is 5.41 Å². The first kappa shape index (κ1) is 16.5. The molecule has 0 radical (unpaired) electrons. The Morgan fingerprint density at radius 1 is 0.818 bits per heavy atom. The molecular formula is C18H22ClN3. The van der Waals surface area contributed by atoms with Crippen molar-refractivity contribution in [2.24, 2.45) is 0 Å². The van der Waals surface area contributed by atoms with E-state index >= 15 is 0 Å². The molecule has 0 aliphatic carbocycles. The van der Waals surface area contributed by atoms with Crippen LogP contribution in [0.4, 0.5) is 0 Å². The zero-order valence-corrected chi connectivity index (χ0v) is 13.4. The van der Waals surface area contributed by atoms with Crippen molar-refractivity contribution in [2.75, 3.05) is 26.2 Å². The van der Waals surface area contributed by atoms with Crippen molar-refractivity contribution < 1.29 is 0 Å². The number of nitrogens with zero attached hydrogens (tertiary/aromatic N) is 2. The predicted molar refractivity (Wildman–Crippen MR) is 93.8 cm³/mol. The number of rotatable bonds is 3. The summed E-state index contributed by atoms with van der Waals surface area (Å²) in [5.41, 5.74) is 2.37. The van der Waals surface area contributed by atoms with Crippen molar-refractivity contribution in [1.82, 2.24) is 9.80 Å². The first-order valence-corrected chi connectivity index (χ1v) is 7.48. The van der Waals surface area contributed by atoms with Gasteiger partial charge in [-0.1, -0.05) is 60.7 Å². The number of amidine groups is 1. The van der Waals surface area contributed by atoms with Gasteiger partial charge in [-0.15, -0.1) is 12.4 Å². The minimum absolute atomic E-state index is 0. The number of hydrogen-bond donors (Lipinski definition) is 1. The Balaban J connectivity index is 0.00000176. The number of halogens is 1. The maximum atomic E-state index is 8.32. The van der Waals surface area contributed by atoms with E-state index in [1.807, 2.05) is 30.3 Å². The second kappa shape index (κ2) is 7.97. The van der Waals surface area contributed by atoms with Crippen molar-refractivity contribution in [3.63, 3.8) is 0 Å². The fourth-order valence-corrected chi connectivity index (χ4v) is 2.75. The van der Waals surface area contributed by atoms with E-state index < -0.39 is 0 Å². The van der Waals surface area contributed by atoms with Gasteiger partial charge in [0.2, 0.25) is 0 Å². The molecule has 1 fully saturated rings. The van der Waals surface area contributed by atoms with Gasteiger partial charge in [-0.3, -0.25) is 10.3 Å². The zero-order valence-electron chi connectivity index (χ0n) is 12.6. The maximum Gasteiger partial charge on any atom is 0.128 e. The van der Waals surface area contributed by atoms with E-state index in [0.29, 0.717) is 5.84 Å². The summed E-state index contributed by atoms with van der Waals surface area (Å²) in [6.45, 7) is 4.91. The van der Waals surface area contributed by atoms with E-state index in [1.165, 1.54) is 5.56 Å². The maximum absolute atomic E-state index is 8.32. The van der Waals surface area contributed by atoms with Gasteiger partial charge in [0.25, 0.3) is 0 Å². The molecule has 2 aromatic carbocycles. The van der Waals surface area contributed by atoms with Crippen LogP contribution in [0.25, 0.3) is 0 Å². The molecule has 0 saturated carbocycles. The Hall–Kier alpha value is -1.84. The first-order chi connectivity index (χ1) is 10.3. The number of piperazine rings is 1. The van der Waals surface area contributed by atoms with Gasteiger partial charge in [0.15, 0.2) is 0 Å². The SMILES string of the molecule is Cl.N=C(c1ccccc1)N1CCN(Cc2ccccc2)CC1. The van der Waals surface area contributed by atoms with E-state index in [2.05, 4.69) is 40.1 Å². The average molecular weight is 316 g/mol. The van der Waals surface area contributed by atoms with Crippen LogP contribution < -0.4 is 0 Å². The molecule has 1 aliphatic rings. The Kier molecular flexibility index (Phi) is 5.99. The van der Waals surface area contributed by atoms with Gasteiger partial charge >= 0.3 is 0 Å². The Labute approximate surface area is 138 Å². The number of nitrogens with one attached hydrogen (secondary N) is 1. The second-order valence-corrected chi connectivity index (χ2v) is 5.46. The van der Waals surface area contributed by atoms with E-state index in [-0.39, 0.29) is 12.4 Å². The zero-order chi connectivity index (χ0) is 14.5. The molecule has 0 aromatic heterocycles. The molecule has 3 rings (SSSR count). The molecule has 0 spiro atoms. The molecular weight excluding hydrogens is 294 g/mol. The van der Waals surface area contributed by atoms with Crippen LogP contribution >= 0.6 is 12.4 Å². The summed E-state index contributed by atoms with van der Waals surface area (Å²) in [7, 11) is 0. The number of hydrogen-bond acceptors (Lipinski definition) is 2. The third-order valence-electron chi connectivity index (χ3n) is 3.98. The molecule has 1 saturated heterocycles. The van der Waals surface area contributed by atoms with Crippen molar-refractivity contribution in [2.45, 2.75) is 6.54 Å². The summed E-state index contributed by atoms with van der Waals surface area (Å²) >= 11 is 0. The third kappa shape index (κ3) is 4.09. The Morgan fingerprint density at radius 2 is 1.36 bits per heavy atom. The van der Waals surface area contributed by atoms with Crippen LogP contribution in [0.15, 0.2) is 60.7 Å². The van der Waals surface area contributed by atoms with Gasteiger partial charge in [-0.25, -0.2) is 0 Å². The van der Waals surface area contributed by atoms with Crippen LogP contribution in [0.3, 0.4) is 0 Å². The lowest BCUT2D eigenvalue weighted by atomic mass is 10.1. The Morgan fingerprint density at radius 3 is 1.95 bits per heavy atom. The molecule has 22 heavy (non-hydrogen) atoms. The quantitative estimate of drug-likeness (QED) is 0.696. The van der Waals surface area contributed by atoms with E-state index in [9.17, 15) is 0 Å². The van der Waals surface area contributed by atoms with Crippen LogP contribution in [0, 0.1) is 5.41 Å². The summed E-state index contributed by atoms with van der Waals surface area (Å²) in [5.74, 6) is 0.648. The lowest BCUT2D eigenvalue weighted by Crippen LogP contribution is -2.48. The average Bonchev–Trinajstić information content (AvgIpc) is 2.57. The molecule has 2 aromatic rings. The monoisotopic (exact) mass is 315 g/mol. The molecule has 0 atom stereocenters. The van der Waals surface area contributed by atoms with E-state index in [0.717, 1.165) is 38.3 Å². The van der Waals surface area contributed by atoms with Crippen molar-refractivity contribution in [3.8, 4) is 0 Å². The molecule has 0 amide bonds. The normalized spacial score (nSPS) is 15.2. The molecule has 0 unspecified atom stereocenters. The molecule has 1 aliphatic heterocycles. The minimum Gasteiger partial charge on any atom is -0.354 e. The molecule has 3 nitrogen and oxygen atoms in total. The smallest absolute Gasteiger partial charge is 0.128 e. The highest BCUT2D eigenvalue weighted by Gasteiger charge is 2.19. The lowest BCUT2D eigenvalue weighted by Gasteiger charge is -2.36. The largest absolute Gasteiger partial charge is 0.354 e. The molecule has 116 valence electrons. The van der Waals surface area contributed by atoms with Crippen LogP contribution in [0.2, 0.25) is 0 Å². The fraction of sp³-hybridized carbons (Fsp3) is 0.278. The molecule has 1 N–H and O–H groups in total. The fourth-order valence-electron chi connectivity index (χ4n) is 2.75. The van der Waals surface area contributed by atoms with Crippen LogP contribution in [0.5, 0.6) is 0 Å². The summed E-state index contributed by atoms with van der Waals surface area (Å²) in [4.78, 5) is 4.64. The second-order valence-electron chi connectivity index (χ2n) is 5.46. The van der Waals surface area contributed by atoms with Crippen LogP contribution in [-0.4, -0.2) is 41.8 Å². The van der Waals surface area contributed by atoms with E-state index in [1.54, 1.807) is 0 Å². The van der Waals surface area contributed by atoms with Crippen molar-refractivity contribution in [3.05, 3.63) is 71.8 Å². The van der Waals surface area contributed by atoms with Crippen LogP contribution in [-0.2, 0) is 6.54 Å². The first-order valence-electron chi connectivity index (χ1n) is 7.48. The summed E-state index contributed by atoms with van der Waals surface area (Å²) in [5, 5.41) is 8.32. The van der Waals surface area contributed by atoms with Gasteiger partial charge < -0.3 is 4.90 Å². The highest BCUT2D eigenvalue weighted by molar-refractivity contribution is 5.96. The number of benzene rings is 2. The highest BCUT2D eigenvalue weighted by atomic mass is 35.5. The highest BCUT2D eigenvalue weighted by Crippen LogP contribution is 2.11. The van der Waals surface area contributed by atoms with Crippen molar-refractivity contribution >= 4 is 18.2 Å². The summed E-state index contributed by atoms with van der Waals surface area (Å²) in [6.07, 6.45) is 0. The lowest BCUT2D eigenvalue weighted by molar-refractivity contribution is 0.175. The minimum atomic E-state index is 0.